The smallest absolute Gasteiger partial charge is 0.164 e. The highest BCUT2D eigenvalue weighted by molar-refractivity contribution is 14.1. The quantitative estimate of drug-likeness (QED) is 0.489. The fourth-order valence-corrected chi connectivity index (χ4v) is 3.55. The van der Waals surface area contributed by atoms with Gasteiger partial charge in [-0.15, -0.1) is 6.58 Å². The summed E-state index contributed by atoms with van der Waals surface area (Å²) >= 11 is 2.22. The Morgan fingerprint density at radius 3 is 2.83 bits per heavy atom. The number of aliphatic hydroxyl groups excluding tert-OH is 1. The van der Waals surface area contributed by atoms with E-state index in [2.05, 4.69) is 29.2 Å². The van der Waals surface area contributed by atoms with Crippen LogP contribution in [0.2, 0.25) is 0 Å². The van der Waals surface area contributed by atoms with Crippen molar-refractivity contribution in [3.8, 4) is 0 Å². The van der Waals surface area contributed by atoms with E-state index in [1.54, 1.807) is 12.2 Å². The first kappa shape index (κ1) is 19.3. The monoisotopic (exact) mass is 438 g/mol. The molecule has 0 aromatic heterocycles. The minimum atomic E-state index is -0.662. The first-order chi connectivity index (χ1) is 10.9. The molecule has 4 atom stereocenters. The third-order valence-electron chi connectivity index (χ3n) is 3.94. The Morgan fingerprint density at radius 2 is 2.22 bits per heavy atom. The average Bonchev–Trinajstić information content (AvgIpc) is 2.83. The lowest BCUT2D eigenvalue weighted by molar-refractivity contribution is -0.218. The summed E-state index contributed by atoms with van der Waals surface area (Å²) in [4.78, 5) is 0. The maximum Gasteiger partial charge on any atom is 0.164 e. The van der Waals surface area contributed by atoms with Crippen LogP contribution in [0.3, 0.4) is 0 Å². The molecule has 2 rings (SSSR count). The molecule has 2 aliphatic rings. The van der Waals surface area contributed by atoms with Crippen molar-refractivity contribution in [2.45, 2.75) is 69.9 Å². The zero-order valence-electron chi connectivity index (χ0n) is 13.9. The average molecular weight is 438 g/mol. The summed E-state index contributed by atoms with van der Waals surface area (Å²) in [5.74, 6) is -0.662. The van der Waals surface area contributed by atoms with Crippen LogP contribution in [0.4, 0.5) is 0 Å². The number of hydrogen-bond donors (Lipinski definition) is 1. The molecule has 0 radical (unpaired) electrons. The standard InChI is InChI=1S/C17H27IO5/c1-4-13-16(23-17(2,3)22-13)14(11-12(18)8-9-19)21-15-7-5-6-10-20-15/h4,8,13-16,19H,1,5-7,9-11H2,2-3H3/b12-8-/t13-,14-,15?,16+/m1/s1. The van der Waals surface area contributed by atoms with Crippen molar-refractivity contribution in [3.05, 3.63) is 22.3 Å². The van der Waals surface area contributed by atoms with Gasteiger partial charge in [-0.3, -0.25) is 0 Å². The Morgan fingerprint density at radius 1 is 1.43 bits per heavy atom. The van der Waals surface area contributed by atoms with Crippen LogP contribution in [0.15, 0.2) is 22.3 Å². The third kappa shape index (κ3) is 5.79. The molecule has 23 heavy (non-hydrogen) atoms. The molecule has 2 aliphatic heterocycles. The summed E-state index contributed by atoms with van der Waals surface area (Å²) in [6, 6.07) is 0. The van der Waals surface area contributed by atoms with E-state index in [0.29, 0.717) is 6.42 Å². The Hall–Kier alpha value is 0.0100. The lowest BCUT2D eigenvalue weighted by atomic mass is 10.0. The van der Waals surface area contributed by atoms with Gasteiger partial charge in [0.1, 0.15) is 12.2 Å². The highest BCUT2D eigenvalue weighted by Gasteiger charge is 2.45. The lowest BCUT2D eigenvalue weighted by Crippen LogP contribution is -2.40. The van der Waals surface area contributed by atoms with Crippen molar-refractivity contribution in [2.75, 3.05) is 13.2 Å². The molecule has 1 N–H and O–H groups in total. The van der Waals surface area contributed by atoms with Crippen LogP contribution in [-0.4, -0.2) is 48.7 Å². The predicted molar refractivity (Wildman–Crippen MR) is 96.3 cm³/mol. The van der Waals surface area contributed by atoms with Gasteiger partial charge in [-0.05, 0) is 65.4 Å². The minimum absolute atomic E-state index is 0.0172. The summed E-state index contributed by atoms with van der Waals surface area (Å²) < 4.78 is 24.9. The summed E-state index contributed by atoms with van der Waals surface area (Å²) in [5.41, 5.74) is 0. The Bertz CT molecular complexity index is 417. The zero-order valence-corrected chi connectivity index (χ0v) is 16.0. The van der Waals surface area contributed by atoms with Crippen LogP contribution in [-0.2, 0) is 18.9 Å². The SMILES string of the molecule is C=C[C@H]1OC(C)(C)O[C@@H]1[C@@H](C/C(I)=C/CO)OC1CCCCO1. The van der Waals surface area contributed by atoms with Gasteiger partial charge in [0.05, 0.1) is 12.7 Å². The topological polar surface area (TPSA) is 57.2 Å². The molecule has 0 amide bonds. The molecule has 0 aliphatic carbocycles. The van der Waals surface area contributed by atoms with Crippen molar-refractivity contribution in [1.82, 2.24) is 0 Å². The lowest BCUT2D eigenvalue weighted by Gasteiger charge is -2.31. The number of rotatable bonds is 7. The van der Waals surface area contributed by atoms with E-state index < -0.39 is 5.79 Å². The zero-order chi connectivity index (χ0) is 16.9. The Labute approximate surface area is 152 Å². The third-order valence-corrected chi connectivity index (χ3v) is 4.82. The van der Waals surface area contributed by atoms with Crippen molar-refractivity contribution in [3.63, 3.8) is 0 Å². The Kier molecular flexibility index (Phi) is 7.50. The van der Waals surface area contributed by atoms with E-state index in [0.717, 1.165) is 29.4 Å². The van der Waals surface area contributed by atoms with E-state index in [-0.39, 0.29) is 31.2 Å². The fourth-order valence-electron chi connectivity index (χ4n) is 2.92. The summed E-state index contributed by atoms with van der Waals surface area (Å²) in [5, 5.41) is 9.10. The fraction of sp³-hybridized carbons (Fsp3) is 0.765. The molecule has 132 valence electrons. The van der Waals surface area contributed by atoms with E-state index in [1.807, 2.05) is 13.8 Å². The summed E-state index contributed by atoms with van der Waals surface area (Å²) in [6.07, 6.45) is 6.39. The number of aliphatic hydroxyl groups is 1. The van der Waals surface area contributed by atoms with Crippen LogP contribution in [0.1, 0.15) is 39.5 Å². The molecular weight excluding hydrogens is 411 g/mol. The highest BCUT2D eigenvalue weighted by Crippen LogP contribution is 2.35. The molecule has 1 unspecified atom stereocenters. The second-order valence-electron chi connectivity index (χ2n) is 6.31. The van der Waals surface area contributed by atoms with Crippen molar-refractivity contribution < 1.29 is 24.1 Å². The van der Waals surface area contributed by atoms with Gasteiger partial charge in [0.15, 0.2) is 12.1 Å². The van der Waals surface area contributed by atoms with Gasteiger partial charge in [0.2, 0.25) is 0 Å². The normalized spacial score (nSPS) is 32.7. The molecule has 5 nitrogen and oxygen atoms in total. The summed E-state index contributed by atoms with van der Waals surface area (Å²) in [6.45, 7) is 8.40. The van der Waals surface area contributed by atoms with E-state index >= 15 is 0 Å². The van der Waals surface area contributed by atoms with Crippen molar-refractivity contribution in [1.29, 1.82) is 0 Å². The van der Waals surface area contributed by atoms with Gasteiger partial charge < -0.3 is 24.1 Å². The molecule has 0 bridgehead atoms. The molecule has 0 aromatic rings. The van der Waals surface area contributed by atoms with Crippen molar-refractivity contribution in [2.24, 2.45) is 0 Å². The number of hydrogen-bond acceptors (Lipinski definition) is 5. The van der Waals surface area contributed by atoms with Crippen LogP contribution in [0, 0.1) is 0 Å². The van der Waals surface area contributed by atoms with Crippen LogP contribution >= 0.6 is 22.6 Å². The first-order valence-corrected chi connectivity index (χ1v) is 9.23. The minimum Gasteiger partial charge on any atom is -0.392 e. The number of ether oxygens (including phenoxy) is 4. The molecule has 6 heteroatoms. The van der Waals surface area contributed by atoms with Crippen LogP contribution in [0.25, 0.3) is 0 Å². The summed E-state index contributed by atoms with van der Waals surface area (Å²) in [7, 11) is 0. The largest absolute Gasteiger partial charge is 0.392 e. The van der Waals surface area contributed by atoms with E-state index in [4.69, 9.17) is 24.1 Å². The van der Waals surface area contributed by atoms with Gasteiger partial charge in [-0.25, -0.2) is 0 Å². The Balaban J connectivity index is 2.10. The van der Waals surface area contributed by atoms with Gasteiger partial charge in [0, 0.05) is 13.0 Å². The van der Waals surface area contributed by atoms with E-state index in [9.17, 15) is 0 Å². The molecule has 2 fully saturated rings. The molecule has 0 spiro atoms. The van der Waals surface area contributed by atoms with Gasteiger partial charge in [-0.1, -0.05) is 6.08 Å². The van der Waals surface area contributed by atoms with Gasteiger partial charge >= 0.3 is 0 Å². The van der Waals surface area contributed by atoms with Crippen molar-refractivity contribution >= 4 is 22.6 Å². The second kappa shape index (κ2) is 8.92. The van der Waals surface area contributed by atoms with Crippen LogP contribution < -0.4 is 0 Å². The van der Waals surface area contributed by atoms with Crippen LogP contribution in [0.5, 0.6) is 0 Å². The van der Waals surface area contributed by atoms with E-state index in [1.165, 1.54) is 0 Å². The number of halogens is 1. The first-order valence-electron chi connectivity index (χ1n) is 8.16. The second-order valence-corrected chi connectivity index (χ2v) is 7.69. The predicted octanol–water partition coefficient (Wildman–Crippen LogP) is 3.31. The molecular formula is C17H27IO5. The molecule has 0 saturated carbocycles. The highest BCUT2D eigenvalue weighted by atomic mass is 127. The molecule has 2 heterocycles. The maximum absolute atomic E-state index is 9.10. The molecule has 0 aromatic carbocycles. The van der Waals surface area contributed by atoms with Gasteiger partial charge in [-0.2, -0.15) is 0 Å². The molecule has 2 saturated heterocycles. The maximum atomic E-state index is 9.10. The van der Waals surface area contributed by atoms with Gasteiger partial charge in [0.25, 0.3) is 0 Å².